The van der Waals surface area contributed by atoms with E-state index in [2.05, 4.69) is 10.6 Å². The van der Waals surface area contributed by atoms with Crippen LogP contribution in [0.4, 0.5) is 4.79 Å². The van der Waals surface area contributed by atoms with Gasteiger partial charge < -0.3 is 5.32 Å². The molecule has 1 saturated heterocycles. The van der Waals surface area contributed by atoms with E-state index in [0.29, 0.717) is 16.4 Å². The van der Waals surface area contributed by atoms with E-state index in [-0.39, 0.29) is 23.1 Å². The molecule has 1 aliphatic carbocycles. The predicted molar refractivity (Wildman–Crippen MR) is 85.2 cm³/mol. The summed E-state index contributed by atoms with van der Waals surface area (Å²) in [6.45, 7) is 2.03. The lowest BCUT2D eigenvalue weighted by Crippen LogP contribution is -2.33. The Morgan fingerprint density at radius 1 is 1.32 bits per heavy atom. The van der Waals surface area contributed by atoms with Crippen LogP contribution in [-0.2, 0) is 4.79 Å². The van der Waals surface area contributed by atoms with E-state index < -0.39 is 0 Å². The third kappa shape index (κ3) is 3.39. The fourth-order valence-electron chi connectivity index (χ4n) is 2.31. The molecule has 5 nitrogen and oxygen atoms in total. The van der Waals surface area contributed by atoms with Gasteiger partial charge in [-0.3, -0.25) is 19.7 Å². The van der Waals surface area contributed by atoms with E-state index in [4.69, 9.17) is 0 Å². The highest BCUT2D eigenvalue weighted by Crippen LogP contribution is 2.32. The fourth-order valence-corrected chi connectivity index (χ4v) is 2.99. The molecule has 1 aliphatic heterocycles. The monoisotopic (exact) mass is 316 g/mol. The molecule has 2 fully saturated rings. The molecule has 1 heterocycles. The minimum atomic E-state index is -0.380. The Labute approximate surface area is 132 Å². The van der Waals surface area contributed by atoms with Crippen molar-refractivity contribution in [3.05, 3.63) is 40.3 Å². The predicted octanol–water partition coefficient (Wildman–Crippen LogP) is 2.54. The second-order valence-corrected chi connectivity index (χ2v) is 6.59. The summed E-state index contributed by atoms with van der Waals surface area (Å²) in [5.41, 5.74) is 1.37. The number of nitrogens with one attached hydrogen (secondary N) is 2. The zero-order valence-corrected chi connectivity index (χ0v) is 12.9. The first-order valence-corrected chi connectivity index (χ1v) is 8.00. The van der Waals surface area contributed by atoms with Gasteiger partial charge in [0.05, 0.1) is 4.91 Å². The highest BCUT2D eigenvalue weighted by molar-refractivity contribution is 8.18. The highest BCUT2D eigenvalue weighted by Gasteiger charge is 2.29. The van der Waals surface area contributed by atoms with Gasteiger partial charge in [0, 0.05) is 11.6 Å². The third-order valence-corrected chi connectivity index (χ3v) is 4.61. The Kier molecular flexibility index (Phi) is 4.02. The number of carbonyl (C=O) groups excluding carboxylic acids is 3. The normalized spacial score (nSPS) is 20.9. The number of imide groups is 1. The van der Waals surface area contributed by atoms with Crippen LogP contribution < -0.4 is 10.6 Å². The van der Waals surface area contributed by atoms with Crippen molar-refractivity contribution in [3.8, 4) is 0 Å². The Morgan fingerprint density at radius 2 is 2.00 bits per heavy atom. The van der Waals surface area contributed by atoms with E-state index in [1.807, 2.05) is 6.92 Å². The van der Waals surface area contributed by atoms with E-state index in [9.17, 15) is 14.4 Å². The maximum absolute atomic E-state index is 12.1. The standard InChI is InChI=1S/C16H16N2O3S/c1-9(11-6-7-11)17-14(19)12-4-2-10(3-5-12)8-13-15(20)18-16(21)22-13/h2-5,8-9,11H,6-7H2,1H3,(H,17,19)(H,18,20,21)/b13-8+. The van der Waals surface area contributed by atoms with Crippen molar-refractivity contribution >= 4 is 34.9 Å². The third-order valence-electron chi connectivity index (χ3n) is 3.80. The summed E-state index contributed by atoms with van der Waals surface area (Å²) in [5, 5.41) is 4.84. The molecule has 0 bridgehead atoms. The van der Waals surface area contributed by atoms with Crippen molar-refractivity contribution in [2.24, 2.45) is 5.92 Å². The van der Waals surface area contributed by atoms with E-state index in [0.717, 1.165) is 17.3 Å². The summed E-state index contributed by atoms with van der Waals surface area (Å²) in [4.78, 5) is 35.0. The summed E-state index contributed by atoms with van der Waals surface area (Å²) in [6, 6.07) is 7.18. The van der Waals surface area contributed by atoms with Gasteiger partial charge in [-0.15, -0.1) is 0 Å². The zero-order valence-electron chi connectivity index (χ0n) is 12.1. The second kappa shape index (κ2) is 5.96. The number of hydrogen-bond acceptors (Lipinski definition) is 4. The van der Waals surface area contributed by atoms with Crippen LogP contribution in [0.1, 0.15) is 35.7 Å². The minimum Gasteiger partial charge on any atom is -0.349 e. The molecule has 0 aromatic heterocycles. The van der Waals surface area contributed by atoms with Gasteiger partial charge in [0.1, 0.15) is 0 Å². The number of hydrogen-bond donors (Lipinski definition) is 2. The molecule has 3 rings (SSSR count). The molecule has 0 radical (unpaired) electrons. The van der Waals surface area contributed by atoms with E-state index >= 15 is 0 Å². The lowest BCUT2D eigenvalue weighted by Gasteiger charge is -2.12. The molecule has 2 aliphatic rings. The van der Waals surface area contributed by atoms with Gasteiger partial charge in [0.2, 0.25) is 0 Å². The number of carbonyl (C=O) groups is 3. The van der Waals surface area contributed by atoms with Crippen molar-refractivity contribution in [1.29, 1.82) is 0 Å². The molecule has 1 saturated carbocycles. The van der Waals surface area contributed by atoms with Gasteiger partial charge in [0.25, 0.3) is 17.1 Å². The summed E-state index contributed by atoms with van der Waals surface area (Å²) in [5.74, 6) is 0.153. The topological polar surface area (TPSA) is 75.3 Å². The number of thioether (sulfide) groups is 1. The second-order valence-electron chi connectivity index (χ2n) is 5.57. The summed E-state index contributed by atoms with van der Waals surface area (Å²) < 4.78 is 0. The average Bonchev–Trinajstić information content (AvgIpc) is 3.27. The van der Waals surface area contributed by atoms with Gasteiger partial charge in [-0.1, -0.05) is 12.1 Å². The molecule has 114 valence electrons. The zero-order chi connectivity index (χ0) is 15.7. The van der Waals surface area contributed by atoms with Crippen LogP contribution in [0.5, 0.6) is 0 Å². The molecule has 1 unspecified atom stereocenters. The highest BCUT2D eigenvalue weighted by atomic mass is 32.2. The molecule has 3 amide bonds. The summed E-state index contributed by atoms with van der Waals surface area (Å²) in [6.07, 6.45) is 4.01. The SMILES string of the molecule is CC(NC(=O)c1ccc(/C=C2/SC(=O)NC2=O)cc1)C1CC1. The maximum Gasteiger partial charge on any atom is 0.290 e. The van der Waals surface area contributed by atoms with Crippen LogP contribution in [0.15, 0.2) is 29.2 Å². The average molecular weight is 316 g/mol. The largest absolute Gasteiger partial charge is 0.349 e. The molecule has 22 heavy (non-hydrogen) atoms. The van der Waals surface area contributed by atoms with Crippen LogP contribution in [0, 0.1) is 5.92 Å². The summed E-state index contributed by atoms with van der Waals surface area (Å²) in [7, 11) is 0. The molecule has 1 aromatic carbocycles. The van der Waals surface area contributed by atoms with Crippen molar-refractivity contribution in [3.63, 3.8) is 0 Å². The molecular formula is C16H16N2O3S. The number of amides is 3. The number of rotatable bonds is 4. The van der Waals surface area contributed by atoms with Crippen molar-refractivity contribution in [2.45, 2.75) is 25.8 Å². The molecule has 1 atom stereocenters. The molecule has 1 aromatic rings. The smallest absolute Gasteiger partial charge is 0.290 e. The van der Waals surface area contributed by atoms with Crippen molar-refractivity contribution in [1.82, 2.24) is 10.6 Å². The van der Waals surface area contributed by atoms with Crippen LogP contribution >= 0.6 is 11.8 Å². The first kappa shape index (κ1) is 14.8. The molecule has 2 N–H and O–H groups in total. The van der Waals surface area contributed by atoms with Gasteiger partial charge in [0.15, 0.2) is 0 Å². The van der Waals surface area contributed by atoms with Crippen LogP contribution in [0.25, 0.3) is 6.08 Å². The lowest BCUT2D eigenvalue weighted by atomic mass is 10.1. The number of benzene rings is 1. The first-order chi connectivity index (χ1) is 10.5. The van der Waals surface area contributed by atoms with Crippen LogP contribution in [0.3, 0.4) is 0 Å². The van der Waals surface area contributed by atoms with Crippen molar-refractivity contribution < 1.29 is 14.4 Å². The molecular weight excluding hydrogens is 300 g/mol. The van der Waals surface area contributed by atoms with Gasteiger partial charge >= 0.3 is 0 Å². The Balaban J connectivity index is 1.67. The molecule has 0 spiro atoms. The van der Waals surface area contributed by atoms with Gasteiger partial charge in [-0.2, -0.15) is 0 Å². The van der Waals surface area contributed by atoms with E-state index in [1.165, 1.54) is 12.8 Å². The quantitative estimate of drug-likeness (QED) is 0.837. The van der Waals surface area contributed by atoms with E-state index in [1.54, 1.807) is 30.3 Å². The molecule has 6 heteroatoms. The Bertz CT molecular complexity index is 662. The van der Waals surface area contributed by atoms with Crippen LogP contribution in [-0.4, -0.2) is 23.1 Å². The lowest BCUT2D eigenvalue weighted by molar-refractivity contribution is -0.115. The Morgan fingerprint density at radius 3 is 2.55 bits per heavy atom. The van der Waals surface area contributed by atoms with Gasteiger partial charge in [-0.25, -0.2) is 0 Å². The van der Waals surface area contributed by atoms with Crippen molar-refractivity contribution in [2.75, 3.05) is 0 Å². The fraction of sp³-hybridized carbons (Fsp3) is 0.312. The summed E-state index contributed by atoms with van der Waals surface area (Å²) >= 11 is 0.880. The Hall–Kier alpha value is -2.08. The maximum atomic E-state index is 12.1. The first-order valence-electron chi connectivity index (χ1n) is 7.19. The minimum absolute atomic E-state index is 0.0817. The van der Waals surface area contributed by atoms with Crippen LogP contribution in [0.2, 0.25) is 0 Å². The van der Waals surface area contributed by atoms with Gasteiger partial charge in [-0.05, 0) is 61.2 Å².